The van der Waals surface area contributed by atoms with Crippen LogP contribution in [-0.2, 0) is 14.8 Å². The number of para-hydroxylation sites is 1. The molecule has 3 aromatic carbocycles. The van der Waals surface area contributed by atoms with Crippen molar-refractivity contribution in [2.24, 2.45) is 0 Å². The predicted molar refractivity (Wildman–Crippen MR) is 130 cm³/mol. The molecule has 172 valence electrons. The molecule has 0 aliphatic carbocycles. The summed E-state index contributed by atoms with van der Waals surface area (Å²) < 4.78 is 33.5. The molecule has 8 heteroatoms. The smallest absolute Gasteiger partial charge is 0.244 e. The van der Waals surface area contributed by atoms with Crippen molar-refractivity contribution in [3.63, 3.8) is 0 Å². The number of carbonyl (C=O) groups is 1. The van der Waals surface area contributed by atoms with Gasteiger partial charge in [0.25, 0.3) is 0 Å². The van der Waals surface area contributed by atoms with Gasteiger partial charge < -0.3 is 10.1 Å². The number of hydrogen-bond donors (Lipinski definition) is 1. The Kier molecular flexibility index (Phi) is 7.07. The molecule has 6 nitrogen and oxygen atoms in total. The Morgan fingerprint density at radius 1 is 1.06 bits per heavy atom. The minimum absolute atomic E-state index is 0.168. The van der Waals surface area contributed by atoms with Crippen LogP contribution in [0.1, 0.15) is 18.4 Å². The van der Waals surface area contributed by atoms with E-state index in [2.05, 4.69) is 5.32 Å². The van der Waals surface area contributed by atoms with E-state index in [9.17, 15) is 13.2 Å². The van der Waals surface area contributed by atoms with Crippen molar-refractivity contribution in [1.82, 2.24) is 4.31 Å². The second kappa shape index (κ2) is 9.99. The van der Waals surface area contributed by atoms with Gasteiger partial charge >= 0.3 is 0 Å². The Balaban J connectivity index is 1.57. The number of methoxy groups -OCH3 is 1. The fourth-order valence-electron chi connectivity index (χ4n) is 3.89. The highest BCUT2D eigenvalue weighted by Crippen LogP contribution is 2.35. The van der Waals surface area contributed by atoms with Crippen molar-refractivity contribution in [1.29, 1.82) is 0 Å². The molecule has 0 saturated carbocycles. The summed E-state index contributed by atoms with van der Waals surface area (Å²) in [5, 5.41) is 2.97. The largest absolute Gasteiger partial charge is 0.497 e. The molecular weight excluding hydrogens is 456 g/mol. The lowest BCUT2D eigenvalue weighted by Gasteiger charge is -2.25. The maximum Gasteiger partial charge on any atom is 0.244 e. The standard InChI is InChI=1S/C25H26N2O4S2/c1-18-14-15-19(31-2)17-24(18)33(29,30)27-16-8-12-22(27)25(28)26-21-11-6-7-13-23(21)32-20-9-4-3-5-10-20/h3-7,9-11,13-15,17,22H,8,12,16H2,1-2H3,(H,26,28)/t22-/m1/s1. The third kappa shape index (κ3) is 5.08. The van der Waals surface area contributed by atoms with E-state index in [-0.39, 0.29) is 10.8 Å². The molecular formula is C25H26N2O4S2. The van der Waals surface area contributed by atoms with E-state index in [0.29, 0.717) is 36.4 Å². The molecule has 0 spiro atoms. The zero-order chi connectivity index (χ0) is 23.4. The topological polar surface area (TPSA) is 75.7 Å². The zero-order valence-corrected chi connectivity index (χ0v) is 20.2. The molecule has 0 bridgehead atoms. The Labute approximate surface area is 199 Å². The van der Waals surface area contributed by atoms with Gasteiger partial charge in [0.1, 0.15) is 11.8 Å². The van der Waals surface area contributed by atoms with Crippen molar-refractivity contribution in [2.45, 2.75) is 40.5 Å². The lowest BCUT2D eigenvalue weighted by atomic mass is 10.2. The molecule has 1 aliphatic rings. The normalized spacial score (nSPS) is 16.5. The molecule has 1 aliphatic heterocycles. The summed E-state index contributed by atoms with van der Waals surface area (Å²) in [6, 6.07) is 21.6. The number of aryl methyl sites for hydroxylation is 1. The van der Waals surface area contributed by atoms with Crippen LogP contribution >= 0.6 is 11.8 Å². The van der Waals surface area contributed by atoms with Crippen LogP contribution in [0.15, 0.2) is 87.5 Å². The summed E-state index contributed by atoms with van der Waals surface area (Å²) in [6.07, 6.45) is 1.10. The fraction of sp³-hybridized carbons (Fsp3) is 0.240. The molecule has 1 saturated heterocycles. The second-order valence-electron chi connectivity index (χ2n) is 7.81. The highest BCUT2D eigenvalue weighted by atomic mass is 32.2. The predicted octanol–water partition coefficient (Wildman–Crippen LogP) is 4.95. The Morgan fingerprint density at radius 3 is 2.55 bits per heavy atom. The van der Waals surface area contributed by atoms with E-state index < -0.39 is 16.1 Å². The number of sulfonamides is 1. The molecule has 0 radical (unpaired) electrons. The van der Waals surface area contributed by atoms with Crippen LogP contribution in [-0.4, -0.2) is 38.3 Å². The van der Waals surface area contributed by atoms with Gasteiger partial charge in [-0.2, -0.15) is 4.31 Å². The van der Waals surface area contributed by atoms with Gasteiger partial charge in [-0.15, -0.1) is 0 Å². The van der Waals surface area contributed by atoms with E-state index in [1.165, 1.54) is 17.5 Å². The molecule has 33 heavy (non-hydrogen) atoms. The number of carbonyl (C=O) groups excluding carboxylic acids is 1. The SMILES string of the molecule is COc1ccc(C)c(S(=O)(=O)N2CCC[C@@H]2C(=O)Nc2ccccc2Sc2ccccc2)c1. The van der Waals surface area contributed by atoms with Crippen molar-refractivity contribution in [3.05, 3.63) is 78.4 Å². The van der Waals surface area contributed by atoms with Crippen molar-refractivity contribution in [2.75, 3.05) is 19.0 Å². The molecule has 0 unspecified atom stereocenters. The highest BCUT2D eigenvalue weighted by Gasteiger charge is 2.40. The van der Waals surface area contributed by atoms with E-state index in [1.54, 1.807) is 30.8 Å². The number of ether oxygens (including phenoxy) is 1. The number of hydrogen-bond acceptors (Lipinski definition) is 5. The summed E-state index contributed by atoms with van der Waals surface area (Å²) in [4.78, 5) is 15.4. The van der Waals surface area contributed by atoms with Crippen molar-refractivity contribution >= 4 is 33.4 Å². The van der Waals surface area contributed by atoms with Crippen LogP contribution in [0.25, 0.3) is 0 Å². The van der Waals surface area contributed by atoms with Gasteiger partial charge in [-0.1, -0.05) is 48.2 Å². The van der Waals surface area contributed by atoms with E-state index in [1.807, 2.05) is 54.6 Å². The van der Waals surface area contributed by atoms with Crippen molar-refractivity contribution in [3.8, 4) is 5.75 Å². The van der Waals surface area contributed by atoms with Gasteiger partial charge in [0.2, 0.25) is 15.9 Å². The number of amides is 1. The van der Waals surface area contributed by atoms with Crippen LogP contribution < -0.4 is 10.1 Å². The third-order valence-electron chi connectivity index (χ3n) is 5.60. The molecule has 4 rings (SSSR count). The summed E-state index contributed by atoms with van der Waals surface area (Å²) in [5.41, 5.74) is 1.28. The van der Waals surface area contributed by atoms with Gasteiger partial charge in [-0.25, -0.2) is 8.42 Å². The average Bonchev–Trinajstić information content (AvgIpc) is 3.32. The van der Waals surface area contributed by atoms with Crippen LogP contribution in [0.4, 0.5) is 5.69 Å². The summed E-state index contributed by atoms with van der Waals surface area (Å²) in [6.45, 7) is 2.05. The Hall–Kier alpha value is -2.81. The molecule has 1 N–H and O–H groups in total. The van der Waals surface area contributed by atoms with Gasteiger partial charge in [0.05, 0.1) is 17.7 Å². The number of nitrogens with one attached hydrogen (secondary N) is 1. The van der Waals surface area contributed by atoms with Gasteiger partial charge in [-0.05, 0) is 55.7 Å². The van der Waals surface area contributed by atoms with Gasteiger partial charge in [0, 0.05) is 22.4 Å². The molecule has 1 atom stereocenters. The zero-order valence-electron chi connectivity index (χ0n) is 18.5. The molecule has 3 aromatic rings. The molecule has 0 aromatic heterocycles. The van der Waals surface area contributed by atoms with E-state index in [4.69, 9.17) is 4.74 Å². The molecule has 1 heterocycles. The maximum absolute atomic E-state index is 13.5. The maximum atomic E-state index is 13.5. The first-order valence-electron chi connectivity index (χ1n) is 10.7. The summed E-state index contributed by atoms with van der Waals surface area (Å²) >= 11 is 1.55. The first-order valence-corrected chi connectivity index (χ1v) is 12.9. The summed E-state index contributed by atoms with van der Waals surface area (Å²) in [5.74, 6) is 0.143. The lowest BCUT2D eigenvalue weighted by molar-refractivity contribution is -0.119. The number of rotatable bonds is 7. The van der Waals surface area contributed by atoms with Gasteiger partial charge in [-0.3, -0.25) is 4.79 Å². The minimum Gasteiger partial charge on any atom is -0.497 e. The first kappa shape index (κ1) is 23.4. The van der Waals surface area contributed by atoms with Crippen LogP contribution in [0, 0.1) is 6.92 Å². The first-order chi connectivity index (χ1) is 15.9. The number of nitrogens with zero attached hydrogens (tertiary/aromatic N) is 1. The van der Waals surface area contributed by atoms with Crippen LogP contribution in [0.2, 0.25) is 0 Å². The van der Waals surface area contributed by atoms with Crippen molar-refractivity contribution < 1.29 is 17.9 Å². The second-order valence-corrected chi connectivity index (χ2v) is 10.8. The highest BCUT2D eigenvalue weighted by molar-refractivity contribution is 7.99. The quantitative estimate of drug-likeness (QED) is 0.516. The fourth-order valence-corrected chi connectivity index (χ4v) is 6.71. The summed E-state index contributed by atoms with van der Waals surface area (Å²) in [7, 11) is -2.36. The van der Waals surface area contributed by atoms with Gasteiger partial charge in [0.15, 0.2) is 0 Å². The third-order valence-corrected chi connectivity index (χ3v) is 8.74. The number of anilines is 1. The van der Waals surface area contributed by atoms with Crippen LogP contribution in [0.5, 0.6) is 5.75 Å². The Morgan fingerprint density at radius 2 is 1.79 bits per heavy atom. The monoisotopic (exact) mass is 482 g/mol. The molecule has 1 fully saturated rings. The van der Waals surface area contributed by atoms with Crippen LogP contribution in [0.3, 0.4) is 0 Å². The molecule has 1 amide bonds. The average molecular weight is 483 g/mol. The lowest BCUT2D eigenvalue weighted by Crippen LogP contribution is -2.43. The number of benzene rings is 3. The van der Waals surface area contributed by atoms with E-state index >= 15 is 0 Å². The van der Waals surface area contributed by atoms with E-state index in [0.717, 1.165) is 9.79 Å². The Bertz CT molecular complexity index is 1250. The minimum atomic E-state index is -3.86.